The van der Waals surface area contributed by atoms with Crippen molar-refractivity contribution in [2.45, 2.75) is 51.6 Å². The topological polar surface area (TPSA) is 78.6 Å². The number of nitrogens with zero attached hydrogens (tertiary/aromatic N) is 1. The van der Waals surface area contributed by atoms with Crippen LogP contribution in [0, 0.1) is 5.92 Å². The Kier molecular flexibility index (Phi) is 10.2. The van der Waals surface area contributed by atoms with Gasteiger partial charge in [-0.2, -0.15) is 0 Å². The van der Waals surface area contributed by atoms with Gasteiger partial charge < -0.3 is 16.2 Å². The van der Waals surface area contributed by atoms with Crippen LogP contribution in [0.4, 0.5) is 0 Å². The molecule has 1 unspecified atom stereocenters. The lowest BCUT2D eigenvalue weighted by molar-refractivity contribution is -0.123. The van der Waals surface area contributed by atoms with Gasteiger partial charge in [0.25, 0.3) is 0 Å². The highest BCUT2D eigenvalue weighted by atomic mass is 35.5. The number of likely N-dealkylation sites (tertiary alicyclic amines) is 1. The molecule has 1 amide bonds. The van der Waals surface area contributed by atoms with Gasteiger partial charge >= 0.3 is 0 Å². The van der Waals surface area contributed by atoms with Crippen LogP contribution in [0.5, 0.6) is 0 Å². The van der Waals surface area contributed by atoms with Crippen LogP contribution in [0.2, 0.25) is 0 Å². The number of aliphatic hydroxyl groups excluding tert-OH is 1. The van der Waals surface area contributed by atoms with Crippen LogP contribution in [0.3, 0.4) is 0 Å². The molecule has 120 valence electrons. The van der Waals surface area contributed by atoms with E-state index in [1.165, 1.54) is 6.42 Å². The maximum Gasteiger partial charge on any atom is 0.237 e. The number of nitrogens with two attached hydrogens (primary N) is 1. The molecule has 0 aromatic carbocycles. The van der Waals surface area contributed by atoms with Gasteiger partial charge in [-0.1, -0.05) is 13.8 Å². The number of carbonyl (C=O) groups is 1. The van der Waals surface area contributed by atoms with Gasteiger partial charge in [-0.25, -0.2) is 0 Å². The molecule has 1 heterocycles. The third-order valence-electron chi connectivity index (χ3n) is 3.90. The number of hydrogen-bond donors (Lipinski definition) is 3. The quantitative estimate of drug-likeness (QED) is 0.578. The highest BCUT2D eigenvalue weighted by molar-refractivity contribution is 5.85. The number of aliphatic hydroxyl groups is 1. The van der Waals surface area contributed by atoms with Crippen molar-refractivity contribution in [3.63, 3.8) is 0 Å². The van der Waals surface area contributed by atoms with Crippen LogP contribution < -0.4 is 11.1 Å². The number of rotatable bonds is 8. The van der Waals surface area contributed by atoms with Gasteiger partial charge in [-0.05, 0) is 44.7 Å². The second-order valence-corrected chi connectivity index (χ2v) is 5.78. The molecule has 0 saturated carbocycles. The molecule has 1 fully saturated rings. The average molecular weight is 308 g/mol. The standard InChI is InChI=1S/C14H29N3O2.ClH/c1-11(2)13(15)14(19)16-7-3-4-8-17-9-5-6-12(17)10-18;/h11-13,18H,3-10,15H2,1-2H3,(H,16,19);1H/t12?,13-;/m0./s1. The first-order chi connectivity index (χ1) is 9.06. The molecule has 0 aliphatic carbocycles. The molecule has 1 rings (SSSR count). The van der Waals surface area contributed by atoms with Crippen LogP contribution in [-0.2, 0) is 4.79 Å². The van der Waals surface area contributed by atoms with Crippen molar-refractivity contribution >= 4 is 18.3 Å². The molecular weight excluding hydrogens is 278 g/mol. The predicted molar refractivity (Wildman–Crippen MR) is 84.0 cm³/mol. The zero-order valence-electron chi connectivity index (χ0n) is 12.7. The second kappa shape index (κ2) is 10.4. The lowest BCUT2D eigenvalue weighted by atomic mass is 10.1. The molecule has 2 atom stereocenters. The van der Waals surface area contributed by atoms with E-state index in [1.807, 2.05) is 13.8 Å². The first kappa shape index (κ1) is 19.6. The van der Waals surface area contributed by atoms with Crippen LogP contribution in [0.1, 0.15) is 39.5 Å². The van der Waals surface area contributed by atoms with Gasteiger partial charge in [0.2, 0.25) is 5.91 Å². The summed E-state index contributed by atoms with van der Waals surface area (Å²) in [4.78, 5) is 14.0. The van der Waals surface area contributed by atoms with Crippen LogP contribution in [-0.4, -0.2) is 54.2 Å². The molecular formula is C14H30ClN3O2. The summed E-state index contributed by atoms with van der Waals surface area (Å²) < 4.78 is 0. The van der Waals surface area contributed by atoms with Gasteiger partial charge in [0.05, 0.1) is 12.6 Å². The molecule has 1 aliphatic rings. The van der Waals surface area contributed by atoms with E-state index in [0.29, 0.717) is 12.6 Å². The summed E-state index contributed by atoms with van der Waals surface area (Å²) in [6.07, 6.45) is 4.31. The Morgan fingerprint density at radius 1 is 1.45 bits per heavy atom. The Balaban J connectivity index is 0.00000361. The summed E-state index contributed by atoms with van der Waals surface area (Å²) >= 11 is 0. The van der Waals surface area contributed by atoms with E-state index in [0.717, 1.165) is 32.4 Å². The largest absolute Gasteiger partial charge is 0.395 e. The van der Waals surface area contributed by atoms with Crippen LogP contribution in [0.15, 0.2) is 0 Å². The molecule has 0 bridgehead atoms. The van der Waals surface area contributed by atoms with E-state index in [2.05, 4.69) is 10.2 Å². The normalized spacial score (nSPS) is 20.8. The Labute approximate surface area is 128 Å². The third kappa shape index (κ3) is 6.39. The molecule has 20 heavy (non-hydrogen) atoms. The Hall–Kier alpha value is -0.360. The summed E-state index contributed by atoms with van der Waals surface area (Å²) in [5.74, 6) is 0.124. The maximum atomic E-state index is 11.6. The van der Waals surface area contributed by atoms with Crippen molar-refractivity contribution in [3.8, 4) is 0 Å². The van der Waals surface area contributed by atoms with Crippen molar-refractivity contribution in [1.82, 2.24) is 10.2 Å². The van der Waals surface area contributed by atoms with E-state index < -0.39 is 6.04 Å². The SMILES string of the molecule is CC(C)[C@H](N)C(=O)NCCCCN1CCCC1CO.Cl. The third-order valence-corrected chi connectivity index (χ3v) is 3.90. The van der Waals surface area contributed by atoms with Crippen molar-refractivity contribution in [1.29, 1.82) is 0 Å². The fraction of sp³-hybridized carbons (Fsp3) is 0.929. The number of amides is 1. The van der Waals surface area contributed by atoms with Gasteiger partial charge in [0.1, 0.15) is 0 Å². The highest BCUT2D eigenvalue weighted by Gasteiger charge is 2.22. The fourth-order valence-electron chi connectivity index (χ4n) is 2.47. The minimum Gasteiger partial charge on any atom is -0.395 e. The number of unbranched alkanes of at least 4 members (excludes halogenated alkanes) is 1. The van der Waals surface area contributed by atoms with E-state index in [1.54, 1.807) is 0 Å². The molecule has 4 N–H and O–H groups in total. The summed E-state index contributed by atoms with van der Waals surface area (Å²) in [6.45, 7) is 6.96. The summed E-state index contributed by atoms with van der Waals surface area (Å²) in [5, 5.41) is 12.1. The Morgan fingerprint density at radius 2 is 2.15 bits per heavy atom. The van der Waals surface area contributed by atoms with E-state index in [9.17, 15) is 9.90 Å². The molecule has 0 aromatic heterocycles. The number of hydrogen-bond acceptors (Lipinski definition) is 4. The summed E-state index contributed by atoms with van der Waals surface area (Å²) in [6, 6.07) is -0.0543. The monoisotopic (exact) mass is 307 g/mol. The minimum atomic E-state index is -0.405. The number of carbonyl (C=O) groups excluding carboxylic acids is 1. The van der Waals surface area contributed by atoms with Crippen LogP contribution >= 0.6 is 12.4 Å². The average Bonchev–Trinajstić information content (AvgIpc) is 2.84. The molecule has 0 radical (unpaired) electrons. The second-order valence-electron chi connectivity index (χ2n) is 5.78. The van der Waals surface area contributed by atoms with E-state index in [4.69, 9.17) is 5.73 Å². The van der Waals surface area contributed by atoms with Gasteiger partial charge in [0.15, 0.2) is 0 Å². The van der Waals surface area contributed by atoms with Gasteiger partial charge in [-0.15, -0.1) is 12.4 Å². The molecule has 0 spiro atoms. The van der Waals surface area contributed by atoms with Gasteiger partial charge in [-0.3, -0.25) is 9.69 Å². The van der Waals surface area contributed by atoms with Gasteiger partial charge in [0, 0.05) is 12.6 Å². The molecule has 6 heteroatoms. The number of halogens is 1. The van der Waals surface area contributed by atoms with Crippen molar-refractivity contribution in [3.05, 3.63) is 0 Å². The summed E-state index contributed by atoms with van der Waals surface area (Å²) in [7, 11) is 0. The first-order valence-electron chi connectivity index (χ1n) is 7.44. The van der Waals surface area contributed by atoms with E-state index in [-0.39, 0.29) is 30.8 Å². The lowest BCUT2D eigenvalue weighted by Gasteiger charge is -2.22. The Bertz CT molecular complexity index is 277. The van der Waals surface area contributed by atoms with Crippen molar-refractivity contribution < 1.29 is 9.90 Å². The zero-order chi connectivity index (χ0) is 14.3. The number of nitrogens with one attached hydrogen (secondary N) is 1. The fourth-order valence-corrected chi connectivity index (χ4v) is 2.47. The smallest absolute Gasteiger partial charge is 0.237 e. The first-order valence-corrected chi connectivity index (χ1v) is 7.44. The minimum absolute atomic E-state index is 0. The van der Waals surface area contributed by atoms with E-state index >= 15 is 0 Å². The molecule has 1 aliphatic heterocycles. The molecule has 5 nitrogen and oxygen atoms in total. The summed E-state index contributed by atoms with van der Waals surface area (Å²) in [5.41, 5.74) is 5.76. The highest BCUT2D eigenvalue weighted by Crippen LogP contribution is 2.16. The molecule has 0 aromatic rings. The molecule has 1 saturated heterocycles. The van der Waals surface area contributed by atoms with Crippen molar-refractivity contribution in [2.24, 2.45) is 11.7 Å². The Morgan fingerprint density at radius 3 is 2.75 bits per heavy atom. The van der Waals surface area contributed by atoms with Crippen molar-refractivity contribution in [2.75, 3.05) is 26.2 Å². The predicted octanol–water partition coefficient (Wildman–Crippen LogP) is 0.745. The lowest BCUT2D eigenvalue weighted by Crippen LogP contribution is -2.44. The van der Waals surface area contributed by atoms with Crippen LogP contribution in [0.25, 0.3) is 0 Å². The zero-order valence-corrected chi connectivity index (χ0v) is 13.5. The maximum absolute atomic E-state index is 11.6.